The number of nitrogens with one attached hydrogen (secondary N) is 1. The normalized spacial score (nSPS) is 32.1. The Kier molecular flexibility index (Phi) is 2.85. The fourth-order valence-electron chi connectivity index (χ4n) is 2.60. The summed E-state index contributed by atoms with van der Waals surface area (Å²) in [6.07, 6.45) is 2.89. The second kappa shape index (κ2) is 3.82. The second-order valence-electron chi connectivity index (χ2n) is 5.87. The summed E-state index contributed by atoms with van der Waals surface area (Å²) in [5.74, 6) is 0.802. The zero-order chi connectivity index (χ0) is 10.2. The summed E-state index contributed by atoms with van der Waals surface area (Å²) in [6.45, 7) is 12.1. The molecule has 0 aromatic carbocycles. The highest BCUT2D eigenvalue weighted by Crippen LogP contribution is 2.46. The third-order valence-corrected chi connectivity index (χ3v) is 3.50. The van der Waals surface area contributed by atoms with Crippen LogP contribution in [-0.2, 0) is 0 Å². The Hall–Kier alpha value is -0.0800. The van der Waals surface area contributed by atoms with E-state index in [0.29, 0.717) is 11.5 Å². The molecule has 1 spiro atoms. The predicted octanol–water partition coefficient (Wildman–Crippen LogP) is 1.72. The molecule has 1 saturated carbocycles. The Morgan fingerprint density at radius 1 is 1.43 bits per heavy atom. The summed E-state index contributed by atoms with van der Waals surface area (Å²) < 4.78 is 0. The van der Waals surface area contributed by atoms with Crippen LogP contribution >= 0.6 is 0 Å². The van der Waals surface area contributed by atoms with Gasteiger partial charge in [-0.3, -0.25) is 0 Å². The van der Waals surface area contributed by atoms with Crippen LogP contribution in [0.4, 0.5) is 0 Å². The molecule has 1 atom stereocenters. The Labute approximate surface area is 88.1 Å². The van der Waals surface area contributed by atoms with E-state index in [-0.39, 0.29) is 0 Å². The van der Waals surface area contributed by atoms with Crippen molar-refractivity contribution < 1.29 is 0 Å². The molecule has 14 heavy (non-hydrogen) atoms. The largest absolute Gasteiger partial charge is 0.312 e. The van der Waals surface area contributed by atoms with Gasteiger partial charge in [0.15, 0.2) is 0 Å². The molecule has 2 heteroatoms. The summed E-state index contributed by atoms with van der Waals surface area (Å²) in [4.78, 5) is 2.67. The van der Waals surface area contributed by atoms with Crippen LogP contribution in [-0.4, -0.2) is 37.1 Å². The molecular weight excluding hydrogens is 172 g/mol. The average molecular weight is 196 g/mol. The molecule has 0 bridgehead atoms. The Morgan fingerprint density at radius 3 is 2.71 bits per heavy atom. The Balaban J connectivity index is 1.93. The van der Waals surface area contributed by atoms with E-state index < -0.39 is 0 Å². The molecule has 1 aliphatic carbocycles. The summed E-state index contributed by atoms with van der Waals surface area (Å²) in [5, 5.41) is 3.66. The molecule has 82 valence electrons. The minimum absolute atomic E-state index is 0.666. The summed E-state index contributed by atoms with van der Waals surface area (Å²) in [7, 11) is 0. The molecule has 2 nitrogen and oxygen atoms in total. The third-order valence-electron chi connectivity index (χ3n) is 3.50. The molecule has 2 aliphatic rings. The van der Waals surface area contributed by atoms with Crippen molar-refractivity contribution in [1.82, 2.24) is 10.2 Å². The minimum Gasteiger partial charge on any atom is -0.312 e. The zero-order valence-electron chi connectivity index (χ0n) is 9.84. The van der Waals surface area contributed by atoms with Crippen LogP contribution in [0.25, 0.3) is 0 Å². The van der Waals surface area contributed by atoms with Crippen LogP contribution in [0.2, 0.25) is 0 Å². The number of nitrogens with zero attached hydrogens (tertiary/aromatic N) is 1. The van der Waals surface area contributed by atoms with Crippen molar-refractivity contribution in [3.05, 3.63) is 0 Å². The van der Waals surface area contributed by atoms with Crippen molar-refractivity contribution in [3.63, 3.8) is 0 Å². The smallest absolute Gasteiger partial charge is 0.0166 e. The summed E-state index contributed by atoms with van der Waals surface area (Å²) in [5.41, 5.74) is 0.666. The van der Waals surface area contributed by atoms with Crippen molar-refractivity contribution in [1.29, 1.82) is 0 Å². The lowest BCUT2D eigenvalue weighted by Gasteiger charge is -2.26. The lowest BCUT2D eigenvalue weighted by molar-refractivity contribution is 0.214. The van der Waals surface area contributed by atoms with E-state index in [2.05, 4.69) is 31.0 Å². The first-order valence-corrected chi connectivity index (χ1v) is 6.05. The molecule has 0 amide bonds. The standard InChI is InChI=1S/C12H24N2/c1-10(2)6-14-7-11(3)13-8-12(9-14)4-5-12/h10-11,13H,4-9H2,1-3H3. The summed E-state index contributed by atoms with van der Waals surface area (Å²) >= 11 is 0. The highest BCUT2D eigenvalue weighted by Gasteiger charge is 2.45. The second-order valence-corrected chi connectivity index (χ2v) is 5.87. The SMILES string of the molecule is CC(C)CN1CC(C)NCC2(CC2)C1. The van der Waals surface area contributed by atoms with Gasteiger partial charge in [-0.2, -0.15) is 0 Å². The van der Waals surface area contributed by atoms with E-state index in [1.165, 1.54) is 39.0 Å². The molecule has 0 radical (unpaired) electrons. The Morgan fingerprint density at radius 2 is 2.14 bits per heavy atom. The van der Waals surface area contributed by atoms with Gasteiger partial charge in [-0.15, -0.1) is 0 Å². The van der Waals surface area contributed by atoms with Crippen molar-refractivity contribution in [3.8, 4) is 0 Å². The van der Waals surface area contributed by atoms with Gasteiger partial charge in [-0.1, -0.05) is 13.8 Å². The Bertz CT molecular complexity index is 196. The number of hydrogen-bond donors (Lipinski definition) is 1. The van der Waals surface area contributed by atoms with Crippen LogP contribution in [0, 0.1) is 11.3 Å². The van der Waals surface area contributed by atoms with E-state index >= 15 is 0 Å². The molecule has 0 aromatic rings. The van der Waals surface area contributed by atoms with E-state index in [9.17, 15) is 0 Å². The average Bonchev–Trinajstić information content (AvgIpc) is 2.82. The molecule has 1 N–H and O–H groups in total. The highest BCUT2D eigenvalue weighted by molar-refractivity contribution is 5.00. The molecule has 1 unspecified atom stereocenters. The molecule has 1 heterocycles. The van der Waals surface area contributed by atoms with Gasteiger partial charge in [0.05, 0.1) is 0 Å². The number of hydrogen-bond acceptors (Lipinski definition) is 2. The quantitative estimate of drug-likeness (QED) is 0.723. The van der Waals surface area contributed by atoms with Crippen LogP contribution in [0.15, 0.2) is 0 Å². The maximum absolute atomic E-state index is 3.66. The first-order valence-electron chi connectivity index (χ1n) is 6.05. The van der Waals surface area contributed by atoms with E-state index in [1.54, 1.807) is 0 Å². The van der Waals surface area contributed by atoms with Gasteiger partial charge in [-0.25, -0.2) is 0 Å². The topological polar surface area (TPSA) is 15.3 Å². The van der Waals surface area contributed by atoms with Gasteiger partial charge >= 0.3 is 0 Å². The van der Waals surface area contributed by atoms with Crippen LogP contribution in [0.5, 0.6) is 0 Å². The molecule has 2 rings (SSSR count). The van der Waals surface area contributed by atoms with Crippen molar-refractivity contribution in [2.24, 2.45) is 11.3 Å². The van der Waals surface area contributed by atoms with Gasteiger partial charge < -0.3 is 10.2 Å². The van der Waals surface area contributed by atoms with Gasteiger partial charge in [0.25, 0.3) is 0 Å². The molecule has 2 fully saturated rings. The predicted molar refractivity (Wildman–Crippen MR) is 60.4 cm³/mol. The van der Waals surface area contributed by atoms with Gasteiger partial charge in [0.2, 0.25) is 0 Å². The zero-order valence-corrected chi connectivity index (χ0v) is 9.84. The third kappa shape index (κ3) is 2.48. The van der Waals surface area contributed by atoms with Gasteiger partial charge in [0, 0.05) is 32.2 Å². The fourth-order valence-corrected chi connectivity index (χ4v) is 2.60. The van der Waals surface area contributed by atoms with Crippen molar-refractivity contribution >= 4 is 0 Å². The molecule has 1 aliphatic heterocycles. The summed E-state index contributed by atoms with van der Waals surface area (Å²) in [6, 6.07) is 0.675. The molecular formula is C12H24N2. The van der Waals surface area contributed by atoms with Crippen molar-refractivity contribution in [2.45, 2.75) is 39.7 Å². The van der Waals surface area contributed by atoms with E-state index in [4.69, 9.17) is 0 Å². The monoisotopic (exact) mass is 196 g/mol. The first kappa shape index (κ1) is 10.4. The van der Waals surface area contributed by atoms with Crippen molar-refractivity contribution in [2.75, 3.05) is 26.2 Å². The maximum atomic E-state index is 3.66. The maximum Gasteiger partial charge on any atom is 0.0166 e. The van der Waals surface area contributed by atoms with Crippen LogP contribution in [0.1, 0.15) is 33.6 Å². The molecule has 1 saturated heterocycles. The van der Waals surface area contributed by atoms with Crippen LogP contribution in [0.3, 0.4) is 0 Å². The lowest BCUT2D eigenvalue weighted by atomic mass is 10.1. The molecule has 0 aromatic heterocycles. The highest BCUT2D eigenvalue weighted by atomic mass is 15.2. The first-order chi connectivity index (χ1) is 6.60. The van der Waals surface area contributed by atoms with Gasteiger partial charge in [-0.05, 0) is 31.1 Å². The fraction of sp³-hybridized carbons (Fsp3) is 1.00. The van der Waals surface area contributed by atoms with E-state index in [0.717, 1.165) is 5.92 Å². The number of rotatable bonds is 2. The minimum atomic E-state index is 0.666. The lowest BCUT2D eigenvalue weighted by Crippen LogP contribution is -2.37. The van der Waals surface area contributed by atoms with Gasteiger partial charge in [0.1, 0.15) is 0 Å². The van der Waals surface area contributed by atoms with E-state index in [1.807, 2.05) is 0 Å². The van der Waals surface area contributed by atoms with Crippen LogP contribution < -0.4 is 5.32 Å².